The monoisotopic (exact) mass is 319 g/mol. The molecule has 9 heteroatoms. The molecule has 22 heavy (non-hydrogen) atoms. The highest BCUT2D eigenvalue weighted by molar-refractivity contribution is 5.93. The third-order valence-electron chi connectivity index (χ3n) is 3.89. The largest absolute Gasteiger partial charge is 0.405 e. The van der Waals surface area contributed by atoms with E-state index in [2.05, 4.69) is 20.8 Å². The number of halogens is 3. The summed E-state index contributed by atoms with van der Waals surface area (Å²) < 4.78 is 39.6. The van der Waals surface area contributed by atoms with Gasteiger partial charge in [0.15, 0.2) is 5.69 Å². The third kappa shape index (κ3) is 3.77. The minimum atomic E-state index is -4.39. The van der Waals surface area contributed by atoms with Crippen molar-refractivity contribution in [2.24, 2.45) is 0 Å². The molecule has 1 saturated heterocycles. The molecule has 2 rings (SSSR count). The highest BCUT2D eigenvalue weighted by Crippen LogP contribution is 2.24. The van der Waals surface area contributed by atoms with Crippen molar-refractivity contribution in [1.82, 2.24) is 25.7 Å². The first-order valence-electron chi connectivity index (χ1n) is 7.12. The number of aromatic nitrogens is 2. The fraction of sp³-hybridized carbons (Fsp3) is 0.692. The van der Waals surface area contributed by atoms with Gasteiger partial charge < -0.3 is 10.6 Å². The third-order valence-corrected chi connectivity index (χ3v) is 3.89. The Morgan fingerprint density at radius 2 is 2.00 bits per heavy atom. The maximum absolute atomic E-state index is 13.2. The molecule has 1 unspecified atom stereocenters. The van der Waals surface area contributed by atoms with E-state index in [1.54, 1.807) is 13.8 Å². The molecule has 1 amide bonds. The van der Waals surface area contributed by atoms with Crippen LogP contribution in [0.15, 0.2) is 0 Å². The van der Waals surface area contributed by atoms with Crippen LogP contribution in [0.25, 0.3) is 0 Å². The highest BCUT2D eigenvalue weighted by Gasteiger charge is 2.43. The Balaban J connectivity index is 2.02. The van der Waals surface area contributed by atoms with Crippen LogP contribution < -0.4 is 10.6 Å². The zero-order chi connectivity index (χ0) is 16.3. The van der Waals surface area contributed by atoms with Crippen LogP contribution in [0, 0.1) is 13.8 Å². The number of carbonyl (C=O) groups excluding carboxylic acids is 1. The Kier molecular flexibility index (Phi) is 5.07. The van der Waals surface area contributed by atoms with E-state index < -0.39 is 24.7 Å². The minimum absolute atomic E-state index is 0.138. The number of H-pyrrole nitrogens is 1. The molecule has 0 aliphatic carbocycles. The molecule has 0 radical (unpaired) electrons. The van der Waals surface area contributed by atoms with E-state index in [0.29, 0.717) is 31.7 Å². The summed E-state index contributed by atoms with van der Waals surface area (Å²) in [7, 11) is 0. The molecule has 0 bridgehead atoms. The molecular formula is C13H20F3N5O. The van der Waals surface area contributed by atoms with Crippen LogP contribution in [-0.2, 0) is 0 Å². The van der Waals surface area contributed by atoms with Crippen molar-refractivity contribution < 1.29 is 18.0 Å². The molecule has 0 saturated carbocycles. The molecule has 3 N–H and O–H groups in total. The van der Waals surface area contributed by atoms with Crippen LogP contribution in [0.3, 0.4) is 0 Å². The number of aryl methyl sites for hydroxylation is 1. The second-order valence-electron chi connectivity index (χ2n) is 5.38. The number of hydrogen-bond donors (Lipinski definition) is 3. The predicted molar refractivity (Wildman–Crippen MR) is 74.7 cm³/mol. The Bertz CT molecular complexity index is 522. The van der Waals surface area contributed by atoms with Gasteiger partial charge >= 0.3 is 6.18 Å². The summed E-state index contributed by atoms with van der Waals surface area (Å²) >= 11 is 0. The SMILES string of the molecule is Cc1[nH]nc(C(=O)NCC(N2CCNCC2)C(F)(F)F)c1C. The zero-order valence-corrected chi connectivity index (χ0v) is 12.5. The second kappa shape index (κ2) is 6.66. The molecule has 1 aromatic rings. The van der Waals surface area contributed by atoms with Crippen molar-refractivity contribution in [3.63, 3.8) is 0 Å². The average molecular weight is 319 g/mol. The molecule has 0 spiro atoms. The number of aromatic amines is 1. The number of nitrogens with zero attached hydrogens (tertiary/aromatic N) is 2. The normalized spacial score (nSPS) is 18.2. The summed E-state index contributed by atoms with van der Waals surface area (Å²) in [5, 5.41) is 11.8. The zero-order valence-electron chi connectivity index (χ0n) is 12.5. The van der Waals surface area contributed by atoms with Crippen LogP contribution in [0.1, 0.15) is 21.7 Å². The highest BCUT2D eigenvalue weighted by atomic mass is 19.4. The number of piperazine rings is 1. The van der Waals surface area contributed by atoms with Crippen molar-refractivity contribution in [2.45, 2.75) is 26.1 Å². The first kappa shape index (κ1) is 16.8. The van der Waals surface area contributed by atoms with Crippen molar-refractivity contribution in [3.05, 3.63) is 17.0 Å². The lowest BCUT2D eigenvalue weighted by Gasteiger charge is -2.35. The number of carbonyl (C=O) groups is 1. The fourth-order valence-electron chi connectivity index (χ4n) is 2.42. The molecule has 1 aliphatic rings. The quantitative estimate of drug-likeness (QED) is 0.760. The first-order chi connectivity index (χ1) is 10.3. The summed E-state index contributed by atoms with van der Waals surface area (Å²) in [5.41, 5.74) is 1.50. The Morgan fingerprint density at radius 1 is 1.36 bits per heavy atom. The van der Waals surface area contributed by atoms with Gasteiger partial charge in [0.1, 0.15) is 6.04 Å². The molecule has 6 nitrogen and oxygen atoms in total. The van der Waals surface area contributed by atoms with Crippen LogP contribution >= 0.6 is 0 Å². The lowest BCUT2D eigenvalue weighted by Crippen LogP contribution is -2.57. The molecular weight excluding hydrogens is 299 g/mol. The number of amides is 1. The number of hydrogen-bond acceptors (Lipinski definition) is 4. The van der Waals surface area contributed by atoms with Gasteiger partial charge in [-0.25, -0.2) is 0 Å². The predicted octanol–water partition coefficient (Wildman–Crippen LogP) is 0.592. The van der Waals surface area contributed by atoms with Gasteiger partial charge in [0.2, 0.25) is 0 Å². The van der Waals surface area contributed by atoms with Crippen molar-refractivity contribution in [1.29, 1.82) is 0 Å². The minimum Gasteiger partial charge on any atom is -0.349 e. The van der Waals surface area contributed by atoms with E-state index in [-0.39, 0.29) is 5.69 Å². The molecule has 1 aliphatic heterocycles. The first-order valence-corrected chi connectivity index (χ1v) is 7.12. The van der Waals surface area contributed by atoms with Crippen LogP contribution in [0.2, 0.25) is 0 Å². The van der Waals surface area contributed by atoms with Gasteiger partial charge in [0, 0.05) is 44.0 Å². The topological polar surface area (TPSA) is 73.0 Å². The van der Waals surface area contributed by atoms with E-state index in [4.69, 9.17) is 0 Å². The lowest BCUT2D eigenvalue weighted by atomic mass is 10.2. The van der Waals surface area contributed by atoms with Gasteiger partial charge in [-0.05, 0) is 13.8 Å². The Morgan fingerprint density at radius 3 is 2.50 bits per heavy atom. The summed E-state index contributed by atoms with van der Waals surface area (Å²) in [5.74, 6) is -0.591. The fourth-order valence-corrected chi connectivity index (χ4v) is 2.42. The van der Waals surface area contributed by atoms with E-state index in [1.807, 2.05) is 0 Å². The summed E-state index contributed by atoms with van der Waals surface area (Å²) in [6.45, 7) is 4.61. The maximum Gasteiger partial charge on any atom is 0.405 e. The molecule has 1 fully saturated rings. The van der Waals surface area contributed by atoms with E-state index >= 15 is 0 Å². The molecule has 1 atom stereocenters. The Labute approximate surface area is 126 Å². The van der Waals surface area contributed by atoms with E-state index in [9.17, 15) is 18.0 Å². The number of rotatable bonds is 4. The van der Waals surface area contributed by atoms with Gasteiger partial charge in [0.05, 0.1) is 0 Å². The average Bonchev–Trinajstić information content (AvgIpc) is 2.79. The maximum atomic E-state index is 13.2. The molecule has 0 aromatic carbocycles. The van der Waals surface area contributed by atoms with Gasteiger partial charge in [-0.15, -0.1) is 0 Å². The van der Waals surface area contributed by atoms with Crippen molar-refractivity contribution in [3.8, 4) is 0 Å². The smallest absolute Gasteiger partial charge is 0.349 e. The van der Waals surface area contributed by atoms with Gasteiger partial charge in [-0.1, -0.05) is 0 Å². The summed E-state index contributed by atoms with van der Waals surface area (Å²) in [6, 6.07) is -1.68. The van der Waals surface area contributed by atoms with E-state index in [0.717, 1.165) is 5.69 Å². The van der Waals surface area contributed by atoms with Gasteiger partial charge in [-0.2, -0.15) is 18.3 Å². The van der Waals surface area contributed by atoms with Gasteiger partial charge in [-0.3, -0.25) is 14.8 Å². The Hall–Kier alpha value is -1.61. The molecule has 124 valence electrons. The lowest BCUT2D eigenvalue weighted by molar-refractivity contribution is -0.183. The van der Waals surface area contributed by atoms with Crippen molar-refractivity contribution >= 4 is 5.91 Å². The summed E-state index contributed by atoms with van der Waals surface area (Å²) in [6.07, 6.45) is -4.39. The second-order valence-corrected chi connectivity index (χ2v) is 5.38. The number of nitrogens with one attached hydrogen (secondary N) is 3. The van der Waals surface area contributed by atoms with Crippen LogP contribution in [0.5, 0.6) is 0 Å². The molecule has 2 heterocycles. The molecule has 1 aromatic heterocycles. The van der Waals surface area contributed by atoms with Crippen LogP contribution in [0.4, 0.5) is 13.2 Å². The van der Waals surface area contributed by atoms with Crippen LogP contribution in [-0.4, -0.2) is 65.9 Å². The van der Waals surface area contributed by atoms with Crippen molar-refractivity contribution in [2.75, 3.05) is 32.7 Å². The number of alkyl halides is 3. The standard InChI is InChI=1S/C13H20F3N5O/c1-8-9(2)19-20-11(8)12(22)18-7-10(13(14,15)16)21-5-3-17-4-6-21/h10,17H,3-7H2,1-2H3,(H,18,22)(H,19,20). The van der Waals surface area contributed by atoms with Gasteiger partial charge in [0.25, 0.3) is 5.91 Å². The van der Waals surface area contributed by atoms with E-state index in [1.165, 1.54) is 4.90 Å². The summed E-state index contributed by atoms with van der Waals surface area (Å²) in [4.78, 5) is 13.3.